The van der Waals surface area contributed by atoms with Crippen LogP contribution in [0.1, 0.15) is 31.4 Å². The Kier molecular flexibility index (Phi) is 4.16. The lowest BCUT2D eigenvalue weighted by molar-refractivity contribution is -0.147. The predicted octanol–water partition coefficient (Wildman–Crippen LogP) is 3.18. The van der Waals surface area contributed by atoms with Crippen molar-refractivity contribution in [1.29, 1.82) is 0 Å². The monoisotopic (exact) mass is 236 g/mol. The quantitative estimate of drug-likeness (QED) is 0.854. The third-order valence-electron chi connectivity index (χ3n) is 3.12. The zero-order chi connectivity index (χ0) is 13.1. The molecular formula is C14H20O3. The Morgan fingerprint density at radius 3 is 2.59 bits per heavy atom. The first-order valence-corrected chi connectivity index (χ1v) is 5.77. The fourth-order valence-electron chi connectivity index (χ4n) is 1.40. The van der Waals surface area contributed by atoms with E-state index in [0.717, 1.165) is 11.3 Å². The summed E-state index contributed by atoms with van der Waals surface area (Å²) in [5.74, 6) is 0.0493. The number of aliphatic carboxylic acids is 1. The molecule has 0 aromatic heterocycles. The van der Waals surface area contributed by atoms with Crippen molar-refractivity contribution in [2.75, 3.05) is 6.61 Å². The topological polar surface area (TPSA) is 46.5 Å². The second-order valence-electron chi connectivity index (χ2n) is 4.99. The Labute approximate surface area is 102 Å². The Hall–Kier alpha value is -1.51. The van der Waals surface area contributed by atoms with Crippen LogP contribution in [0.5, 0.6) is 5.75 Å². The number of aryl methyl sites for hydroxylation is 1. The largest absolute Gasteiger partial charge is 0.493 e. The molecule has 0 heterocycles. The van der Waals surface area contributed by atoms with Crippen LogP contribution in [0.25, 0.3) is 0 Å². The number of carbonyl (C=O) groups is 1. The third-order valence-corrected chi connectivity index (χ3v) is 3.12. The normalized spacial score (nSPS) is 11.3. The molecule has 0 fully saturated rings. The van der Waals surface area contributed by atoms with Crippen molar-refractivity contribution in [1.82, 2.24) is 0 Å². The Balaban J connectivity index is 2.58. The van der Waals surface area contributed by atoms with Gasteiger partial charge in [-0.25, -0.2) is 0 Å². The van der Waals surface area contributed by atoms with Crippen molar-refractivity contribution >= 4 is 5.97 Å². The highest BCUT2D eigenvalue weighted by atomic mass is 16.5. The predicted molar refractivity (Wildman–Crippen MR) is 67.4 cm³/mol. The maximum absolute atomic E-state index is 10.9. The van der Waals surface area contributed by atoms with Crippen molar-refractivity contribution < 1.29 is 14.6 Å². The molecule has 0 amide bonds. The molecule has 0 saturated heterocycles. The van der Waals surface area contributed by atoms with Gasteiger partial charge in [0.2, 0.25) is 0 Å². The molecule has 1 rings (SSSR count). The van der Waals surface area contributed by atoms with Crippen LogP contribution in [0.4, 0.5) is 0 Å². The van der Waals surface area contributed by atoms with E-state index in [1.807, 2.05) is 32.0 Å². The van der Waals surface area contributed by atoms with E-state index in [9.17, 15) is 4.79 Å². The molecule has 17 heavy (non-hydrogen) atoms. The van der Waals surface area contributed by atoms with Gasteiger partial charge in [-0.2, -0.15) is 0 Å². The van der Waals surface area contributed by atoms with E-state index < -0.39 is 11.4 Å². The minimum Gasteiger partial charge on any atom is -0.493 e. The van der Waals surface area contributed by atoms with Gasteiger partial charge >= 0.3 is 5.97 Å². The van der Waals surface area contributed by atoms with Gasteiger partial charge in [0.25, 0.3) is 0 Å². The van der Waals surface area contributed by atoms with E-state index in [1.54, 1.807) is 13.8 Å². The highest BCUT2D eigenvalue weighted by Crippen LogP contribution is 2.24. The summed E-state index contributed by atoms with van der Waals surface area (Å²) in [6.45, 7) is 7.88. The standard InChI is InChI=1S/C14H20O3/c1-10-6-5-7-12(11(10)2)17-9-8-14(3,4)13(15)16/h5-7H,8-9H2,1-4H3,(H,15,16). The fraction of sp³-hybridized carbons (Fsp3) is 0.500. The molecule has 1 N–H and O–H groups in total. The van der Waals surface area contributed by atoms with Crippen molar-refractivity contribution in [3.05, 3.63) is 29.3 Å². The molecule has 0 bridgehead atoms. The number of benzene rings is 1. The van der Waals surface area contributed by atoms with Gasteiger partial charge in [-0.3, -0.25) is 4.79 Å². The molecule has 0 aliphatic heterocycles. The maximum atomic E-state index is 10.9. The van der Waals surface area contributed by atoms with E-state index in [2.05, 4.69) is 0 Å². The molecule has 0 saturated carbocycles. The van der Waals surface area contributed by atoms with Gasteiger partial charge in [-0.1, -0.05) is 12.1 Å². The number of carboxylic acids is 1. The minimum atomic E-state index is -0.790. The van der Waals surface area contributed by atoms with E-state index in [-0.39, 0.29) is 0 Å². The lowest BCUT2D eigenvalue weighted by Crippen LogP contribution is -2.25. The molecule has 0 aliphatic rings. The van der Waals surface area contributed by atoms with E-state index in [1.165, 1.54) is 5.56 Å². The van der Waals surface area contributed by atoms with Crippen LogP contribution in [-0.2, 0) is 4.79 Å². The molecule has 1 aromatic carbocycles. The lowest BCUT2D eigenvalue weighted by Gasteiger charge is -2.19. The van der Waals surface area contributed by atoms with Crippen LogP contribution in [0.2, 0.25) is 0 Å². The first kappa shape index (κ1) is 13.6. The smallest absolute Gasteiger partial charge is 0.309 e. The number of hydrogen-bond donors (Lipinski definition) is 1. The average molecular weight is 236 g/mol. The molecule has 0 aliphatic carbocycles. The number of ether oxygens (including phenoxy) is 1. The summed E-state index contributed by atoms with van der Waals surface area (Å²) < 4.78 is 5.64. The van der Waals surface area contributed by atoms with Crippen molar-refractivity contribution in [2.24, 2.45) is 5.41 Å². The number of carboxylic acid groups (broad SMARTS) is 1. The SMILES string of the molecule is Cc1cccc(OCCC(C)(C)C(=O)O)c1C. The van der Waals surface area contributed by atoms with Gasteiger partial charge in [0, 0.05) is 0 Å². The van der Waals surface area contributed by atoms with Gasteiger partial charge in [0.05, 0.1) is 12.0 Å². The summed E-state index contributed by atoms with van der Waals surface area (Å²) in [5.41, 5.74) is 1.55. The molecule has 94 valence electrons. The van der Waals surface area contributed by atoms with Crippen molar-refractivity contribution in [3.63, 3.8) is 0 Å². The van der Waals surface area contributed by atoms with Gasteiger partial charge in [-0.05, 0) is 51.3 Å². The van der Waals surface area contributed by atoms with Crippen LogP contribution >= 0.6 is 0 Å². The second kappa shape index (κ2) is 5.21. The van der Waals surface area contributed by atoms with E-state index in [0.29, 0.717) is 13.0 Å². The molecular weight excluding hydrogens is 216 g/mol. The molecule has 3 nitrogen and oxygen atoms in total. The number of rotatable bonds is 5. The van der Waals surface area contributed by atoms with Crippen LogP contribution in [0.3, 0.4) is 0 Å². The first-order chi connectivity index (χ1) is 7.84. The molecule has 0 radical (unpaired) electrons. The highest BCUT2D eigenvalue weighted by molar-refractivity contribution is 5.73. The molecule has 0 unspecified atom stereocenters. The second-order valence-corrected chi connectivity index (χ2v) is 4.99. The van der Waals surface area contributed by atoms with Crippen LogP contribution in [0, 0.1) is 19.3 Å². The fourth-order valence-corrected chi connectivity index (χ4v) is 1.40. The van der Waals surface area contributed by atoms with Crippen LogP contribution in [0.15, 0.2) is 18.2 Å². The van der Waals surface area contributed by atoms with Crippen molar-refractivity contribution in [3.8, 4) is 5.75 Å². The van der Waals surface area contributed by atoms with E-state index in [4.69, 9.17) is 9.84 Å². The van der Waals surface area contributed by atoms with Gasteiger partial charge in [0.1, 0.15) is 5.75 Å². The Bertz CT molecular complexity index is 408. The molecule has 1 aromatic rings. The summed E-state index contributed by atoms with van der Waals surface area (Å²) in [4.78, 5) is 10.9. The van der Waals surface area contributed by atoms with Crippen LogP contribution < -0.4 is 4.74 Å². The zero-order valence-electron chi connectivity index (χ0n) is 10.9. The lowest BCUT2D eigenvalue weighted by atomic mass is 9.90. The maximum Gasteiger partial charge on any atom is 0.309 e. The molecule has 0 atom stereocenters. The number of hydrogen-bond acceptors (Lipinski definition) is 2. The summed E-state index contributed by atoms with van der Waals surface area (Å²) in [6.07, 6.45) is 0.496. The summed E-state index contributed by atoms with van der Waals surface area (Å²) in [6, 6.07) is 5.89. The van der Waals surface area contributed by atoms with Crippen molar-refractivity contribution in [2.45, 2.75) is 34.1 Å². The molecule has 3 heteroatoms. The molecule has 0 spiro atoms. The Morgan fingerprint density at radius 2 is 2.00 bits per heavy atom. The third kappa shape index (κ3) is 3.48. The minimum absolute atomic E-state index is 0.420. The summed E-state index contributed by atoms with van der Waals surface area (Å²) in [5, 5.41) is 8.98. The van der Waals surface area contributed by atoms with E-state index >= 15 is 0 Å². The summed E-state index contributed by atoms with van der Waals surface area (Å²) in [7, 11) is 0. The zero-order valence-corrected chi connectivity index (χ0v) is 10.9. The summed E-state index contributed by atoms with van der Waals surface area (Å²) >= 11 is 0. The average Bonchev–Trinajstić information content (AvgIpc) is 2.24. The van der Waals surface area contributed by atoms with Gasteiger partial charge < -0.3 is 9.84 Å². The van der Waals surface area contributed by atoms with Crippen LogP contribution in [-0.4, -0.2) is 17.7 Å². The Morgan fingerprint density at radius 1 is 1.35 bits per heavy atom. The highest BCUT2D eigenvalue weighted by Gasteiger charge is 2.26. The first-order valence-electron chi connectivity index (χ1n) is 5.77. The van der Waals surface area contributed by atoms with Gasteiger partial charge in [-0.15, -0.1) is 0 Å². The van der Waals surface area contributed by atoms with Gasteiger partial charge in [0.15, 0.2) is 0 Å².